The monoisotopic (exact) mass is 253 g/mol. The van der Waals surface area contributed by atoms with Crippen molar-refractivity contribution in [2.24, 2.45) is 0 Å². The lowest BCUT2D eigenvalue weighted by molar-refractivity contribution is -0.524. The SMILES string of the molecule is O=[N+]([O-])C1CCCCCC(c2nn[nH]n2)CCC1. The lowest BCUT2D eigenvalue weighted by Crippen LogP contribution is -2.20. The fourth-order valence-corrected chi connectivity index (χ4v) is 2.65. The van der Waals surface area contributed by atoms with Crippen molar-refractivity contribution in [3.63, 3.8) is 0 Å². The van der Waals surface area contributed by atoms with Gasteiger partial charge in [-0.2, -0.15) is 5.21 Å². The Hall–Kier alpha value is -1.53. The number of hydrogen-bond acceptors (Lipinski definition) is 5. The molecule has 1 aliphatic carbocycles. The molecule has 1 saturated carbocycles. The number of hydrogen-bond donors (Lipinski definition) is 1. The largest absolute Gasteiger partial charge is 0.264 e. The van der Waals surface area contributed by atoms with Crippen LogP contribution in [0.25, 0.3) is 0 Å². The van der Waals surface area contributed by atoms with Crippen molar-refractivity contribution in [1.29, 1.82) is 0 Å². The van der Waals surface area contributed by atoms with E-state index in [0.29, 0.717) is 12.3 Å². The van der Waals surface area contributed by atoms with E-state index < -0.39 is 0 Å². The normalized spacial score (nSPS) is 26.7. The number of nitro groups is 1. The zero-order valence-electron chi connectivity index (χ0n) is 10.4. The van der Waals surface area contributed by atoms with Gasteiger partial charge in [-0.15, -0.1) is 10.2 Å². The number of H-pyrrole nitrogens is 1. The van der Waals surface area contributed by atoms with Gasteiger partial charge in [-0.25, -0.2) is 0 Å². The molecule has 1 fully saturated rings. The van der Waals surface area contributed by atoms with E-state index in [4.69, 9.17) is 0 Å². The molecule has 2 rings (SSSR count). The number of aromatic nitrogens is 4. The average Bonchev–Trinajstić information content (AvgIpc) is 2.88. The number of rotatable bonds is 2. The molecule has 1 aromatic heterocycles. The molecule has 7 nitrogen and oxygen atoms in total. The minimum absolute atomic E-state index is 0.120. The van der Waals surface area contributed by atoms with Gasteiger partial charge >= 0.3 is 0 Å². The molecule has 1 aliphatic rings. The van der Waals surface area contributed by atoms with Crippen molar-refractivity contribution in [2.45, 2.75) is 63.3 Å². The molecule has 0 aliphatic heterocycles. The summed E-state index contributed by atoms with van der Waals surface area (Å²) >= 11 is 0. The van der Waals surface area contributed by atoms with Gasteiger partial charge in [0.05, 0.1) is 0 Å². The Kier molecular flexibility index (Phi) is 4.60. The summed E-state index contributed by atoms with van der Waals surface area (Å²) in [6.07, 6.45) is 7.32. The summed E-state index contributed by atoms with van der Waals surface area (Å²) in [5, 5.41) is 25.0. The van der Waals surface area contributed by atoms with Gasteiger partial charge in [0.15, 0.2) is 5.82 Å². The molecule has 2 unspecified atom stereocenters. The fourth-order valence-electron chi connectivity index (χ4n) is 2.65. The van der Waals surface area contributed by atoms with E-state index in [1.807, 2.05) is 0 Å². The summed E-state index contributed by atoms with van der Waals surface area (Å²) < 4.78 is 0. The Labute approximate surface area is 106 Å². The molecule has 0 aromatic carbocycles. The van der Waals surface area contributed by atoms with Crippen LogP contribution >= 0.6 is 0 Å². The number of tetrazole rings is 1. The molecule has 2 atom stereocenters. The van der Waals surface area contributed by atoms with Gasteiger partial charge in [-0.05, 0) is 25.7 Å². The van der Waals surface area contributed by atoms with Crippen LogP contribution in [-0.2, 0) is 0 Å². The highest BCUT2D eigenvalue weighted by Gasteiger charge is 2.23. The van der Waals surface area contributed by atoms with Crippen molar-refractivity contribution >= 4 is 0 Å². The Bertz CT molecular complexity index is 368. The Balaban J connectivity index is 1.93. The van der Waals surface area contributed by atoms with Crippen molar-refractivity contribution in [2.75, 3.05) is 0 Å². The maximum Gasteiger partial charge on any atom is 0.213 e. The summed E-state index contributed by atoms with van der Waals surface area (Å²) in [7, 11) is 0. The van der Waals surface area contributed by atoms with Crippen LogP contribution in [0.4, 0.5) is 0 Å². The molecular formula is C11H19N5O2. The summed E-state index contributed by atoms with van der Waals surface area (Å²) in [6, 6.07) is -0.367. The van der Waals surface area contributed by atoms with E-state index in [9.17, 15) is 10.1 Å². The molecule has 18 heavy (non-hydrogen) atoms. The van der Waals surface area contributed by atoms with Gasteiger partial charge in [0.1, 0.15) is 0 Å². The van der Waals surface area contributed by atoms with Gasteiger partial charge in [0.25, 0.3) is 0 Å². The predicted octanol–water partition coefficient (Wildman–Crippen LogP) is 2.06. The Morgan fingerprint density at radius 3 is 2.56 bits per heavy atom. The first-order valence-corrected chi connectivity index (χ1v) is 6.64. The van der Waals surface area contributed by atoms with Crippen molar-refractivity contribution in [3.05, 3.63) is 15.9 Å². The lowest BCUT2D eigenvalue weighted by atomic mass is 9.90. The second-order valence-corrected chi connectivity index (χ2v) is 4.98. The Morgan fingerprint density at radius 1 is 1.11 bits per heavy atom. The van der Waals surface area contributed by atoms with Crippen LogP contribution in [0.5, 0.6) is 0 Å². The summed E-state index contributed by atoms with van der Waals surface area (Å²) in [5.41, 5.74) is 0. The van der Waals surface area contributed by atoms with Crippen LogP contribution in [0.15, 0.2) is 0 Å². The first-order chi connectivity index (χ1) is 8.77. The maximum absolute atomic E-state index is 10.9. The highest BCUT2D eigenvalue weighted by atomic mass is 16.6. The second kappa shape index (κ2) is 6.42. The van der Waals surface area contributed by atoms with Crippen LogP contribution in [0.3, 0.4) is 0 Å². The second-order valence-electron chi connectivity index (χ2n) is 4.98. The van der Waals surface area contributed by atoms with Gasteiger partial charge < -0.3 is 0 Å². The van der Waals surface area contributed by atoms with Crippen LogP contribution in [0.1, 0.15) is 63.1 Å². The first-order valence-electron chi connectivity index (χ1n) is 6.64. The molecule has 100 valence electrons. The number of aromatic amines is 1. The van der Waals surface area contributed by atoms with Crippen molar-refractivity contribution in [1.82, 2.24) is 20.6 Å². The van der Waals surface area contributed by atoms with E-state index in [1.165, 1.54) is 0 Å². The third-order valence-corrected chi connectivity index (χ3v) is 3.70. The molecule has 1 N–H and O–H groups in total. The predicted molar refractivity (Wildman–Crippen MR) is 64.6 cm³/mol. The highest BCUT2D eigenvalue weighted by molar-refractivity contribution is 4.90. The molecule has 0 saturated heterocycles. The quantitative estimate of drug-likeness (QED) is 0.642. The molecule has 0 bridgehead atoms. The van der Waals surface area contributed by atoms with Crippen LogP contribution in [-0.4, -0.2) is 31.6 Å². The van der Waals surface area contributed by atoms with Gasteiger partial charge in [0, 0.05) is 23.7 Å². The standard InChI is InChI=1S/C11H19N5O2/c17-16(18)10-7-3-1-2-5-9(6-4-8-10)11-12-14-15-13-11/h9-10H,1-8H2,(H,12,13,14,15). The van der Waals surface area contributed by atoms with Crippen LogP contribution in [0.2, 0.25) is 0 Å². The topological polar surface area (TPSA) is 97.6 Å². The van der Waals surface area contributed by atoms with E-state index in [2.05, 4.69) is 20.6 Å². The fraction of sp³-hybridized carbons (Fsp3) is 0.909. The number of nitrogens with one attached hydrogen (secondary N) is 1. The molecule has 0 radical (unpaired) electrons. The van der Waals surface area contributed by atoms with Crippen molar-refractivity contribution < 1.29 is 4.92 Å². The van der Waals surface area contributed by atoms with E-state index >= 15 is 0 Å². The molecule has 1 aromatic rings. The van der Waals surface area contributed by atoms with Gasteiger partial charge in [-0.1, -0.05) is 18.1 Å². The molecule has 7 heteroatoms. The first kappa shape index (κ1) is 12.9. The molecule has 0 spiro atoms. The van der Waals surface area contributed by atoms with Crippen molar-refractivity contribution in [3.8, 4) is 0 Å². The smallest absolute Gasteiger partial charge is 0.213 e. The lowest BCUT2D eigenvalue weighted by Gasteiger charge is -2.16. The van der Waals surface area contributed by atoms with Gasteiger partial charge in [0.2, 0.25) is 6.04 Å². The summed E-state index contributed by atoms with van der Waals surface area (Å²) in [6.45, 7) is 0. The maximum atomic E-state index is 10.9. The zero-order chi connectivity index (χ0) is 12.8. The molecule has 1 heterocycles. The minimum Gasteiger partial charge on any atom is -0.264 e. The van der Waals surface area contributed by atoms with Crippen LogP contribution in [0, 0.1) is 10.1 Å². The van der Waals surface area contributed by atoms with Crippen LogP contribution < -0.4 is 0 Å². The zero-order valence-corrected chi connectivity index (χ0v) is 10.4. The highest BCUT2D eigenvalue weighted by Crippen LogP contribution is 2.27. The summed E-state index contributed by atoms with van der Waals surface area (Å²) in [5.74, 6) is 1.06. The molecule has 0 amide bonds. The number of nitrogens with zero attached hydrogens (tertiary/aromatic N) is 4. The molecular weight excluding hydrogens is 234 g/mol. The summed E-state index contributed by atoms with van der Waals surface area (Å²) in [4.78, 5) is 10.8. The minimum atomic E-state index is -0.367. The third kappa shape index (κ3) is 3.48. The van der Waals surface area contributed by atoms with E-state index in [-0.39, 0.29) is 11.0 Å². The third-order valence-electron chi connectivity index (χ3n) is 3.70. The van der Waals surface area contributed by atoms with E-state index in [1.54, 1.807) is 0 Å². The van der Waals surface area contributed by atoms with E-state index in [0.717, 1.165) is 50.8 Å². The Morgan fingerprint density at radius 2 is 1.83 bits per heavy atom. The average molecular weight is 253 g/mol. The van der Waals surface area contributed by atoms with Gasteiger partial charge in [-0.3, -0.25) is 10.1 Å².